The Bertz CT molecular complexity index is 345. The van der Waals surface area contributed by atoms with Crippen molar-refractivity contribution in [3.05, 3.63) is 12.7 Å². The molecule has 1 nitrogen and oxygen atoms in total. The number of hydrogen-bond donors (Lipinski definition) is 1. The maximum absolute atomic E-state index is 9.98. The highest BCUT2D eigenvalue weighted by Gasteiger charge is 2.95. The van der Waals surface area contributed by atoms with Gasteiger partial charge in [-0.25, -0.2) is 0 Å². The SMILES string of the molecule is C=C[C@@]12[C@@H]3[C@@H]4[C@H]3[C@@H]3C[C@@H](O)[C@H]4[C@@H]1[C@H]32. The molecular weight excluding hydrogens is 160 g/mol. The van der Waals surface area contributed by atoms with Crippen LogP contribution in [0.4, 0.5) is 0 Å². The zero-order chi connectivity index (χ0) is 8.53. The van der Waals surface area contributed by atoms with E-state index in [9.17, 15) is 5.11 Å². The largest absolute Gasteiger partial charge is 0.393 e. The molecule has 6 saturated carbocycles. The fourth-order valence-electron chi connectivity index (χ4n) is 6.34. The van der Waals surface area contributed by atoms with E-state index in [1.165, 1.54) is 0 Å². The van der Waals surface area contributed by atoms with Gasteiger partial charge in [0.15, 0.2) is 0 Å². The maximum atomic E-state index is 9.98. The molecule has 0 spiro atoms. The molecule has 0 unspecified atom stereocenters. The Labute approximate surface area is 77.8 Å². The summed E-state index contributed by atoms with van der Waals surface area (Å²) >= 11 is 0. The van der Waals surface area contributed by atoms with Crippen molar-refractivity contribution in [1.29, 1.82) is 0 Å². The van der Waals surface area contributed by atoms with Gasteiger partial charge in [0, 0.05) is 0 Å². The Balaban J connectivity index is 1.80. The number of fused-ring (bicyclic) bond motifs is 1. The van der Waals surface area contributed by atoms with Gasteiger partial charge in [-0.3, -0.25) is 0 Å². The van der Waals surface area contributed by atoms with Gasteiger partial charge in [-0.15, -0.1) is 6.58 Å². The highest BCUT2D eigenvalue weighted by atomic mass is 16.3. The summed E-state index contributed by atoms with van der Waals surface area (Å²) in [5.41, 5.74) is 0.558. The third kappa shape index (κ3) is 0.342. The van der Waals surface area contributed by atoms with Crippen LogP contribution in [0.5, 0.6) is 0 Å². The number of rotatable bonds is 1. The third-order valence-electron chi connectivity index (χ3n) is 6.27. The zero-order valence-corrected chi connectivity index (χ0v) is 7.56. The maximum Gasteiger partial charge on any atom is 0.0577 e. The summed E-state index contributed by atoms with van der Waals surface area (Å²) in [4.78, 5) is 0. The van der Waals surface area contributed by atoms with Gasteiger partial charge < -0.3 is 5.11 Å². The Morgan fingerprint density at radius 3 is 2.54 bits per heavy atom. The average Bonchev–Trinajstić information content (AvgIpc) is 2.94. The molecule has 13 heavy (non-hydrogen) atoms. The number of hydrogen-bond acceptors (Lipinski definition) is 1. The predicted molar refractivity (Wildman–Crippen MR) is 47.7 cm³/mol. The Hall–Kier alpha value is -0.300. The van der Waals surface area contributed by atoms with Crippen LogP contribution in [0.3, 0.4) is 0 Å². The van der Waals surface area contributed by atoms with E-state index in [0.29, 0.717) is 11.3 Å². The van der Waals surface area contributed by atoms with Crippen molar-refractivity contribution in [2.45, 2.75) is 12.5 Å². The number of allylic oxidation sites excluding steroid dienone is 1. The molecule has 0 aromatic heterocycles. The van der Waals surface area contributed by atoms with E-state index in [1.54, 1.807) is 0 Å². The van der Waals surface area contributed by atoms with Gasteiger partial charge in [-0.1, -0.05) is 6.08 Å². The van der Waals surface area contributed by atoms with Crippen molar-refractivity contribution in [1.82, 2.24) is 0 Å². The van der Waals surface area contributed by atoms with Crippen molar-refractivity contribution in [3.63, 3.8) is 0 Å². The number of aliphatic hydroxyl groups excluding tert-OH is 1. The second-order valence-corrected chi connectivity index (χ2v) is 5.98. The molecule has 0 radical (unpaired) electrons. The lowest BCUT2D eigenvalue weighted by atomic mass is 9.69. The van der Waals surface area contributed by atoms with Gasteiger partial charge in [-0.2, -0.15) is 0 Å². The first-order valence-corrected chi connectivity index (χ1v) is 5.64. The quantitative estimate of drug-likeness (QED) is 0.594. The van der Waals surface area contributed by atoms with Gasteiger partial charge in [0.05, 0.1) is 6.10 Å². The monoisotopic (exact) mass is 174 g/mol. The molecule has 6 aliphatic carbocycles. The van der Waals surface area contributed by atoms with Gasteiger partial charge in [-0.05, 0) is 53.3 Å². The fraction of sp³-hybridized carbons (Fsp3) is 0.833. The van der Waals surface area contributed by atoms with Crippen LogP contribution >= 0.6 is 0 Å². The molecule has 2 bridgehead atoms. The van der Waals surface area contributed by atoms with Crippen LogP contribution in [-0.4, -0.2) is 11.2 Å². The van der Waals surface area contributed by atoms with E-state index in [-0.39, 0.29) is 6.10 Å². The zero-order valence-electron chi connectivity index (χ0n) is 7.56. The molecule has 0 amide bonds. The summed E-state index contributed by atoms with van der Waals surface area (Å²) in [7, 11) is 0. The second-order valence-electron chi connectivity index (χ2n) is 5.98. The summed E-state index contributed by atoms with van der Waals surface area (Å²) in [5.74, 6) is 6.38. The fourth-order valence-corrected chi connectivity index (χ4v) is 6.34. The molecular formula is C12H14O. The normalized spacial score (nSPS) is 84.1. The molecule has 0 aliphatic heterocycles. The molecule has 6 fully saturated rings. The predicted octanol–water partition coefficient (Wildman–Crippen LogP) is 1.29. The minimum Gasteiger partial charge on any atom is -0.393 e. The second kappa shape index (κ2) is 1.33. The third-order valence-corrected chi connectivity index (χ3v) is 6.27. The first-order chi connectivity index (χ1) is 6.32. The molecule has 0 aromatic rings. The summed E-state index contributed by atoms with van der Waals surface area (Å²) in [6.07, 6.45) is 3.44. The molecule has 6 rings (SSSR count). The molecule has 0 heterocycles. The molecule has 6 aliphatic rings. The van der Waals surface area contributed by atoms with E-state index in [1.807, 2.05) is 0 Å². The van der Waals surface area contributed by atoms with Crippen LogP contribution in [0.2, 0.25) is 0 Å². The summed E-state index contributed by atoms with van der Waals surface area (Å²) < 4.78 is 0. The van der Waals surface area contributed by atoms with E-state index in [2.05, 4.69) is 12.7 Å². The lowest BCUT2D eigenvalue weighted by Crippen LogP contribution is -2.39. The van der Waals surface area contributed by atoms with Gasteiger partial charge in [0.1, 0.15) is 0 Å². The summed E-state index contributed by atoms with van der Waals surface area (Å²) in [5, 5.41) is 9.98. The average molecular weight is 174 g/mol. The molecule has 68 valence electrons. The van der Waals surface area contributed by atoms with E-state index in [0.717, 1.165) is 41.9 Å². The van der Waals surface area contributed by atoms with Crippen molar-refractivity contribution in [2.24, 2.45) is 46.8 Å². The lowest BCUT2D eigenvalue weighted by molar-refractivity contribution is -0.0127. The number of aliphatic hydroxyl groups is 1. The minimum atomic E-state index is 0.0572. The Kier molecular flexibility index (Phi) is 0.639. The Morgan fingerprint density at radius 2 is 2.00 bits per heavy atom. The van der Waals surface area contributed by atoms with E-state index < -0.39 is 0 Å². The molecule has 0 aromatic carbocycles. The molecule has 1 heteroatoms. The van der Waals surface area contributed by atoms with Crippen molar-refractivity contribution in [2.75, 3.05) is 0 Å². The minimum absolute atomic E-state index is 0.0572. The van der Waals surface area contributed by atoms with Crippen LogP contribution in [0.15, 0.2) is 12.7 Å². The van der Waals surface area contributed by atoms with Gasteiger partial charge in [0.25, 0.3) is 0 Å². The van der Waals surface area contributed by atoms with Crippen LogP contribution in [0, 0.1) is 46.8 Å². The van der Waals surface area contributed by atoms with Crippen molar-refractivity contribution in [3.8, 4) is 0 Å². The highest BCUT2D eigenvalue weighted by Crippen LogP contribution is 2.97. The van der Waals surface area contributed by atoms with Crippen LogP contribution in [0.1, 0.15) is 6.42 Å². The molecule has 9 atom stereocenters. The molecule has 0 saturated heterocycles. The van der Waals surface area contributed by atoms with Crippen LogP contribution < -0.4 is 0 Å². The lowest BCUT2D eigenvalue weighted by Gasteiger charge is -2.38. The summed E-state index contributed by atoms with van der Waals surface area (Å²) in [6.45, 7) is 4.05. The van der Waals surface area contributed by atoms with Gasteiger partial charge >= 0.3 is 0 Å². The van der Waals surface area contributed by atoms with Gasteiger partial charge in [0.2, 0.25) is 0 Å². The van der Waals surface area contributed by atoms with E-state index >= 15 is 0 Å². The standard InChI is InChI=1S/C12H14O/c1-2-12-9-4-3-5(13)7(11(9)12)8-6(4)10(8)12/h2,4-11,13H,1,3H2/t4-,5+,6+,7+,8+,9-,10-,11+,12+/m0/s1. The van der Waals surface area contributed by atoms with Crippen molar-refractivity contribution >= 4 is 0 Å². The van der Waals surface area contributed by atoms with Crippen LogP contribution in [-0.2, 0) is 0 Å². The highest BCUT2D eigenvalue weighted by molar-refractivity contribution is 5.45. The summed E-state index contributed by atoms with van der Waals surface area (Å²) in [6, 6.07) is 0. The smallest absolute Gasteiger partial charge is 0.0577 e. The van der Waals surface area contributed by atoms with Crippen LogP contribution in [0.25, 0.3) is 0 Å². The Morgan fingerprint density at radius 1 is 1.15 bits per heavy atom. The van der Waals surface area contributed by atoms with Crippen molar-refractivity contribution < 1.29 is 5.11 Å². The molecule has 1 N–H and O–H groups in total. The first kappa shape index (κ1) is 6.23. The topological polar surface area (TPSA) is 20.2 Å². The first-order valence-electron chi connectivity index (χ1n) is 5.64. The van der Waals surface area contributed by atoms with E-state index in [4.69, 9.17) is 0 Å².